The normalized spacial score (nSPS) is 11.3. The number of aliphatic carboxylic acids is 1. The molecule has 0 bridgehead atoms. The molecule has 0 aromatic heterocycles. The fraction of sp³-hybridized carbons (Fsp3) is 0.222. The van der Waals surface area contributed by atoms with Gasteiger partial charge in [-0.15, -0.1) is 12.4 Å². The number of benzene rings is 2. The average Bonchev–Trinajstić information content (AvgIpc) is 2.59. The van der Waals surface area contributed by atoms with E-state index in [1.807, 2.05) is 6.07 Å². The fourth-order valence-electron chi connectivity index (χ4n) is 2.49. The van der Waals surface area contributed by atoms with E-state index in [-0.39, 0.29) is 36.9 Å². The van der Waals surface area contributed by atoms with Gasteiger partial charge in [-0.2, -0.15) is 0 Å². The highest BCUT2D eigenvalue weighted by Crippen LogP contribution is 2.28. The van der Waals surface area contributed by atoms with E-state index in [0.29, 0.717) is 17.3 Å². The number of anilines is 1. The molecule has 2 aromatic carbocycles. The topological polar surface area (TPSA) is 113 Å². The van der Waals surface area contributed by atoms with Crippen molar-refractivity contribution >= 4 is 41.6 Å². The first kappa shape index (κ1) is 21.8. The Morgan fingerprint density at radius 1 is 1.15 bits per heavy atom. The third kappa shape index (κ3) is 5.91. The standard InChI is InChI=1S/C18H19ClN2O4.ClH/c19-15-5-4-12(14(9-20)8-17(22)23)7-16(15)21-10-11-2-1-3-13(6-11)18(24)25;/h1-7,14,21H,8-10,20H2,(H,22,23)(H,24,25);1H/t14-;/m0./s1. The van der Waals surface area contributed by atoms with E-state index in [1.54, 1.807) is 30.3 Å². The van der Waals surface area contributed by atoms with Gasteiger partial charge >= 0.3 is 11.9 Å². The van der Waals surface area contributed by atoms with Crippen molar-refractivity contribution < 1.29 is 19.8 Å². The monoisotopic (exact) mass is 398 g/mol. The van der Waals surface area contributed by atoms with Gasteiger partial charge in [-0.25, -0.2) is 4.79 Å². The van der Waals surface area contributed by atoms with Crippen LogP contribution in [0.3, 0.4) is 0 Å². The SMILES string of the molecule is Cl.NC[C@H](CC(=O)O)c1ccc(Cl)c(NCc2cccc(C(=O)O)c2)c1. The van der Waals surface area contributed by atoms with Gasteiger partial charge in [0.25, 0.3) is 0 Å². The third-order valence-corrected chi connectivity index (χ3v) is 4.15. The zero-order chi connectivity index (χ0) is 18.4. The van der Waals surface area contributed by atoms with Gasteiger partial charge in [-0.1, -0.05) is 29.8 Å². The molecule has 140 valence electrons. The molecule has 2 rings (SSSR count). The maximum absolute atomic E-state index is 11.0. The molecule has 26 heavy (non-hydrogen) atoms. The summed E-state index contributed by atoms with van der Waals surface area (Å²) in [6.07, 6.45) is -0.0573. The maximum atomic E-state index is 11.0. The molecule has 5 N–H and O–H groups in total. The molecule has 0 aliphatic rings. The van der Waals surface area contributed by atoms with Crippen molar-refractivity contribution in [3.8, 4) is 0 Å². The molecule has 0 spiro atoms. The van der Waals surface area contributed by atoms with Crippen molar-refractivity contribution in [1.82, 2.24) is 0 Å². The smallest absolute Gasteiger partial charge is 0.335 e. The number of aromatic carboxylic acids is 1. The van der Waals surface area contributed by atoms with Crippen molar-refractivity contribution in [2.45, 2.75) is 18.9 Å². The number of carboxylic acids is 2. The van der Waals surface area contributed by atoms with Crippen molar-refractivity contribution in [3.63, 3.8) is 0 Å². The Morgan fingerprint density at radius 3 is 2.50 bits per heavy atom. The van der Waals surface area contributed by atoms with Crippen LogP contribution in [0.25, 0.3) is 0 Å². The predicted octanol–water partition coefficient (Wildman–Crippen LogP) is 3.59. The zero-order valence-electron chi connectivity index (χ0n) is 13.8. The van der Waals surface area contributed by atoms with E-state index in [4.69, 9.17) is 27.5 Å². The highest BCUT2D eigenvalue weighted by molar-refractivity contribution is 6.33. The number of carboxylic acid groups (broad SMARTS) is 2. The molecule has 6 nitrogen and oxygen atoms in total. The molecule has 0 saturated heterocycles. The van der Waals surface area contributed by atoms with Crippen LogP contribution in [-0.2, 0) is 11.3 Å². The van der Waals surface area contributed by atoms with E-state index in [1.165, 1.54) is 6.07 Å². The van der Waals surface area contributed by atoms with Gasteiger partial charge in [0.2, 0.25) is 0 Å². The summed E-state index contributed by atoms with van der Waals surface area (Å²) in [6.45, 7) is 0.602. The van der Waals surface area contributed by atoms with Gasteiger partial charge in [-0.05, 0) is 41.9 Å². The number of nitrogens with two attached hydrogens (primary N) is 1. The number of halogens is 2. The first-order valence-corrected chi connectivity index (χ1v) is 8.06. The molecule has 0 heterocycles. The molecule has 0 unspecified atom stereocenters. The van der Waals surface area contributed by atoms with Crippen LogP contribution >= 0.6 is 24.0 Å². The molecule has 0 aliphatic carbocycles. The third-order valence-electron chi connectivity index (χ3n) is 3.82. The summed E-state index contributed by atoms with van der Waals surface area (Å²) >= 11 is 6.19. The summed E-state index contributed by atoms with van der Waals surface area (Å²) in [6, 6.07) is 11.8. The minimum absolute atomic E-state index is 0. The van der Waals surface area contributed by atoms with Crippen LogP contribution < -0.4 is 11.1 Å². The van der Waals surface area contributed by atoms with E-state index in [2.05, 4.69) is 5.32 Å². The first-order chi connectivity index (χ1) is 11.9. The summed E-state index contributed by atoms with van der Waals surface area (Å²) in [4.78, 5) is 22.0. The highest BCUT2D eigenvalue weighted by Gasteiger charge is 2.15. The molecular weight excluding hydrogens is 379 g/mol. The number of carbonyl (C=O) groups is 2. The van der Waals surface area contributed by atoms with Gasteiger partial charge in [0.05, 0.1) is 22.7 Å². The Labute approximate surface area is 162 Å². The quantitative estimate of drug-likeness (QED) is 0.540. The molecule has 8 heteroatoms. The highest BCUT2D eigenvalue weighted by atomic mass is 35.5. The number of hydrogen-bond donors (Lipinski definition) is 4. The number of nitrogens with one attached hydrogen (secondary N) is 1. The van der Waals surface area contributed by atoms with Crippen molar-refractivity contribution in [2.75, 3.05) is 11.9 Å². The summed E-state index contributed by atoms with van der Waals surface area (Å²) in [5.41, 5.74) is 8.11. The minimum atomic E-state index is -0.985. The van der Waals surface area contributed by atoms with E-state index in [9.17, 15) is 9.59 Å². The zero-order valence-corrected chi connectivity index (χ0v) is 15.4. The van der Waals surface area contributed by atoms with Gasteiger partial charge < -0.3 is 21.3 Å². The lowest BCUT2D eigenvalue weighted by Gasteiger charge is -2.16. The van der Waals surface area contributed by atoms with Crippen LogP contribution in [0.5, 0.6) is 0 Å². The molecule has 0 aliphatic heterocycles. The lowest BCUT2D eigenvalue weighted by atomic mass is 9.95. The van der Waals surface area contributed by atoms with E-state index in [0.717, 1.165) is 11.1 Å². The van der Waals surface area contributed by atoms with Crippen LogP contribution in [0.4, 0.5) is 5.69 Å². The van der Waals surface area contributed by atoms with Crippen molar-refractivity contribution in [1.29, 1.82) is 0 Å². The van der Waals surface area contributed by atoms with Gasteiger partial charge in [-0.3, -0.25) is 4.79 Å². The average molecular weight is 399 g/mol. The van der Waals surface area contributed by atoms with Crippen LogP contribution in [-0.4, -0.2) is 28.7 Å². The van der Waals surface area contributed by atoms with Crippen LogP contribution in [0.15, 0.2) is 42.5 Å². The van der Waals surface area contributed by atoms with Crippen LogP contribution in [0, 0.1) is 0 Å². The number of hydrogen-bond acceptors (Lipinski definition) is 4. The molecule has 0 amide bonds. The predicted molar refractivity (Wildman–Crippen MR) is 103 cm³/mol. The molecule has 0 radical (unpaired) electrons. The Morgan fingerprint density at radius 2 is 1.88 bits per heavy atom. The summed E-state index contributed by atoms with van der Waals surface area (Å²) < 4.78 is 0. The molecular formula is C18H20Cl2N2O4. The number of rotatable bonds is 8. The largest absolute Gasteiger partial charge is 0.481 e. The molecule has 1 atom stereocenters. The fourth-order valence-corrected chi connectivity index (χ4v) is 2.68. The second-order valence-corrected chi connectivity index (χ2v) is 6.04. The Hall–Kier alpha value is -2.28. The second kappa shape index (κ2) is 10.0. The van der Waals surface area contributed by atoms with Crippen LogP contribution in [0.2, 0.25) is 5.02 Å². The first-order valence-electron chi connectivity index (χ1n) is 7.68. The van der Waals surface area contributed by atoms with Gasteiger partial charge in [0, 0.05) is 12.5 Å². The molecule has 0 saturated carbocycles. The summed E-state index contributed by atoms with van der Waals surface area (Å²) in [7, 11) is 0. The molecule has 2 aromatic rings. The lowest BCUT2D eigenvalue weighted by Crippen LogP contribution is -2.16. The lowest BCUT2D eigenvalue weighted by molar-refractivity contribution is -0.137. The Balaban J connectivity index is 0.00000338. The van der Waals surface area contributed by atoms with Gasteiger partial charge in [0.15, 0.2) is 0 Å². The van der Waals surface area contributed by atoms with E-state index < -0.39 is 11.9 Å². The minimum Gasteiger partial charge on any atom is -0.481 e. The summed E-state index contributed by atoms with van der Waals surface area (Å²) in [5, 5.41) is 21.7. The van der Waals surface area contributed by atoms with Crippen molar-refractivity contribution in [3.05, 3.63) is 64.2 Å². The Kier molecular flexibility index (Phi) is 8.38. The maximum Gasteiger partial charge on any atom is 0.335 e. The molecule has 0 fully saturated rings. The Bertz CT molecular complexity index is 784. The van der Waals surface area contributed by atoms with Crippen molar-refractivity contribution in [2.24, 2.45) is 5.73 Å². The second-order valence-electron chi connectivity index (χ2n) is 5.63. The van der Waals surface area contributed by atoms with Crippen LogP contribution in [0.1, 0.15) is 33.8 Å². The summed E-state index contributed by atoms with van der Waals surface area (Å²) in [5.74, 6) is -2.20. The van der Waals surface area contributed by atoms with E-state index >= 15 is 0 Å². The van der Waals surface area contributed by atoms with Gasteiger partial charge in [0.1, 0.15) is 0 Å².